The van der Waals surface area contributed by atoms with E-state index in [4.69, 9.17) is 10.8 Å². The molecular formula is C10H20N2O2. The molecule has 0 aromatic heterocycles. The van der Waals surface area contributed by atoms with Gasteiger partial charge in [-0.25, -0.2) is 0 Å². The van der Waals surface area contributed by atoms with E-state index in [1.165, 1.54) is 0 Å². The normalized spacial score (nSPS) is 28.8. The van der Waals surface area contributed by atoms with Crippen LogP contribution in [0, 0.1) is 11.8 Å². The van der Waals surface area contributed by atoms with Crippen LogP contribution >= 0.6 is 0 Å². The molecule has 0 aliphatic heterocycles. The Labute approximate surface area is 84.9 Å². The van der Waals surface area contributed by atoms with E-state index in [0.29, 0.717) is 12.5 Å². The highest BCUT2D eigenvalue weighted by atomic mass is 16.3. The summed E-state index contributed by atoms with van der Waals surface area (Å²) in [5.74, 6) is 0.453. The molecule has 1 saturated carbocycles. The zero-order chi connectivity index (χ0) is 10.6. The molecular weight excluding hydrogens is 180 g/mol. The summed E-state index contributed by atoms with van der Waals surface area (Å²) >= 11 is 0. The number of rotatable bonds is 4. The first-order valence-electron chi connectivity index (χ1n) is 5.30. The summed E-state index contributed by atoms with van der Waals surface area (Å²) in [5, 5.41) is 11.6. The lowest BCUT2D eigenvalue weighted by molar-refractivity contribution is -0.126. The Kier molecular flexibility index (Phi) is 4.35. The average Bonchev–Trinajstić information content (AvgIpc) is 2.65. The van der Waals surface area contributed by atoms with Gasteiger partial charge >= 0.3 is 0 Å². The number of hydrogen-bond donors (Lipinski definition) is 3. The van der Waals surface area contributed by atoms with Gasteiger partial charge in [0.05, 0.1) is 6.61 Å². The number of carbonyl (C=O) groups is 1. The topological polar surface area (TPSA) is 75.3 Å². The lowest BCUT2D eigenvalue weighted by Gasteiger charge is -2.19. The van der Waals surface area contributed by atoms with Gasteiger partial charge in [-0.15, -0.1) is 0 Å². The molecule has 1 amide bonds. The van der Waals surface area contributed by atoms with Crippen molar-refractivity contribution in [2.45, 2.75) is 32.2 Å². The molecule has 1 aliphatic carbocycles. The summed E-state index contributed by atoms with van der Waals surface area (Å²) in [7, 11) is 0. The largest absolute Gasteiger partial charge is 0.394 e. The van der Waals surface area contributed by atoms with Gasteiger partial charge in [0.1, 0.15) is 0 Å². The van der Waals surface area contributed by atoms with Crippen LogP contribution in [-0.4, -0.2) is 30.2 Å². The van der Waals surface area contributed by atoms with Gasteiger partial charge in [0, 0.05) is 12.0 Å². The molecule has 0 spiro atoms. The van der Waals surface area contributed by atoms with Crippen molar-refractivity contribution in [2.75, 3.05) is 13.2 Å². The molecule has 4 N–H and O–H groups in total. The summed E-state index contributed by atoms with van der Waals surface area (Å²) in [6, 6.07) is -0.151. The van der Waals surface area contributed by atoms with Crippen molar-refractivity contribution in [2.24, 2.45) is 17.6 Å². The fraction of sp³-hybridized carbons (Fsp3) is 0.900. The van der Waals surface area contributed by atoms with E-state index in [0.717, 1.165) is 19.3 Å². The van der Waals surface area contributed by atoms with Gasteiger partial charge in [0.2, 0.25) is 5.91 Å². The van der Waals surface area contributed by atoms with E-state index >= 15 is 0 Å². The van der Waals surface area contributed by atoms with Gasteiger partial charge in [-0.3, -0.25) is 4.79 Å². The van der Waals surface area contributed by atoms with Crippen LogP contribution in [-0.2, 0) is 4.79 Å². The molecule has 1 aliphatic rings. The Hall–Kier alpha value is -0.610. The summed E-state index contributed by atoms with van der Waals surface area (Å²) in [6.07, 6.45) is 3.08. The van der Waals surface area contributed by atoms with Crippen molar-refractivity contribution in [3.05, 3.63) is 0 Å². The van der Waals surface area contributed by atoms with Gasteiger partial charge in [0.15, 0.2) is 0 Å². The highest BCUT2D eigenvalue weighted by Crippen LogP contribution is 2.30. The maximum absolute atomic E-state index is 11.7. The van der Waals surface area contributed by atoms with Crippen LogP contribution in [0.4, 0.5) is 0 Å². The summed E-state index contributed by atoms with van der Waals surface area (Å²) in [5.41, 5.74) is 5.60. The van der Waals surface area contributed by atoms with E-state index in [1.807, 2.05) is 0 Å². The number of nitrogens with two attached hydrogens (primary N) is 1. The molecule has 3 atom stereocenters. The number of amides is 1. The van der Waals surface area contributed by atoms with Crippen LogP contribution in [0.3, 0.4) is 0 Å². The van der Waals surface area contributed by atoms with Gasteiger partial charge in [-0.1, -0.05) is 6.42 Å². The Morgan fingerprint density at radius 2 is 2.36 bits per heavy atom. The smallest absolute Gasteiger partial charge is 0.223 e. The highest BCUT2D eigenvalue weighted by Gasteiger charge is 2.32. The third kappa shape index (κ3) is 2.69. The zero-order valence-electron chi connectivity index (χ0n) is 8.70. The monoisotopic (exact) mass is 200 g/mol. The van der Waals surface area contributed by atoms with E-state index < -0.39 is 0 Å². The molecule has 3 unspecified atom stereocenters. The van der Waals surface area contributed by atoms with Crippen LogP contribution < -0.4 is 11.1 Å². The van der Waals surface area contributed by atoms with Crippen molar-refractivity contribution >= 4 is 5.91 Å². The molecule has 0 aromatic carbocycles. The maximum atomic E-state index is 11.7. The predicted molar refractivity (Wildman–Crippen MR) is 54.6 cm³/mol. The molecule has 4 nitrogen and oxygen atoms in total. The third-order valence-electron chi connectivity index (χ3n) is 2.96. The second kappa shape index (κ2) is 5.32. The number of carbonyl (C=O) groups excluding carboxylic acids is 1. The van der Waals surface area contributed by atoms with Crippen LogP contribution in [0.25, 0.3) is 0 Å². The molecule has 0 saturated heterocycles. The van der Waals surface area contributed by atoms with Gasteiger partial charge in [-0.2, -0.15) is 0 Å². The Morgan fingerprint density at radius 3 is 2.93 bits per heavy atom. The third-order valence-corrected chi connectivity index (χ3v) is 2.96. The van der Waals surface area contributed by atoms with Gasteiger partial charge < -0.3 is 16.2 Å². The molecule has 0 radical (unpaired) electrons. The van der Waals surface area contributed by atoms with Crippen molar-refractivity contribution in [1.82, 2.24) is 5.32 Å². The van der Waals surface area contributed by atoms with Gasteiger partial charge in [-0.05, 0) is 32.2 Å². The van der Waals surface area contributed by atoms with Crippen LogP contribution in [0.5, 0.6) is 0 Å². The molecule has 1 rings (SSSR count). The van der Waals surface area contributed by atoms with Crippen molar-refractivity contribution < 1.29 is 9.90 Å². The zero-order valence-corrected chi connectivity index (χ0v) is 8.70. The molecule has 1 fully saturated rings. The molecule has 0 heterocycles. The number of aliphatic hydroxyl groups is 1. The van der Waals surface area contributed by atoms with Crippen molar-refractivity contribution in [1.29, 1.82) is 0 Å². The number of nitrogens with one attached hydrogen (secondary N) is 1. The summed E-state index contributed by atoms with van der Waals surface area (Å²) < 4.78 is 0. The minimum atomic E-state index is -0.151. The number of hydrogen-bond acceptors (Lipinski definition) is 3. The second-order valence-corrected chi connectivity index (χ2v) is 4.13. The van der Waals surface area contributed by atoms with Crippen molar-refractivity contribution in [3.63, 3.8) is 0 Å². The lowest BCUT2D eigenvalue weighted by atomic mass is 9.95. The Morgan fingerprint density at radius 1 is 1.64 bits per heavy atom. The lowest BCUT2D eigenvalue weighted by Crippen LogP contribution is -2.41. The Bertz CT molecular complexity index is 197. The summed E-state index contributed by atoms with van der Waals surface area (Å²) in [6.45, 7) is 2.38. The maximum Gasteiger partial charge on any atom is 0.223 e. The van der Waals surface area contributed by atoms with Crippen LogP contribution in [0.1, 0.15) is 26.2 Å². The predicted octanol–water partition coefficient (Wildman–Crippen LogP) is -0.142. The minimum Gasteiger partial charge on any atom is -0.394 e. The quantitative estimate of drug-likeness (QED) is 0.591. The highest BCUT2D eigenvalue weighted by molar-refractivity contribution is 5.79. The van der Waals surface area contributed by atoms with E-state index in [2.05, 4.69) is 5.32 Å². The molecule has 0 aromatic rings. The first kappa shape index (κ1) is 11.5. The fourth-order valence-corrected chi connectivity index (χ4v) is 2.06. The summed E-state index contributed by atoms with van der Waals surface area (Å²) in [4.78, 5) is 11.7. The van der Waals surface area contributed by atoms with E-state index in [9.17, 15) is 4.79 Å². The van der Waals surface area contributed by atoms with Gasteiger partial charge in [0.25, 0.3) is 0 Å². The van der Waals surface area contributed by atoms with Crippen molar-refractivity contribution in [3.8, 4) is 0 Å². The minimum absolute atomic E-state index is 0.00818. The SMILES string of the molecule is CC(CO)NC(=O)C1CCCC1CN. The average molecular weight is 200 g/mol. The molecule has 0 bridgehead atoms. The molecule has 4 heteroatoms. The fourth-order valence-electron chi connectivity index (χ4n) is 2.06. The first-order chi connectivity index (χ1) is 6.69. The van der Waals surface area contributed by atoms with E-state index in [-0.39, 0.29) is 24.5 Å². The van der Waals surface area contributed by atoms with Crippen LogP contribution in [0.15, 0.2) is 0 Å². The molecule has 82 valence electrons. The number of aliphatic hydroxyl groups excluding tert-OH is 1. The first-order valence-corrected chi connectivity index (χ1v) is 5.30. The van der Waals surface area contributed by atoms with E-state index in [1.54, 1.807) is 6.92 Å². The molecule has 14 heavy (non-hydrogen) atoms. The second-order valence-electron chi connectivity index (χ2n) is 4.13. The van der Waals surface area contributed by atoms with Crippen LogP contribution in [0.2, 0.25) is 0 Å². The standard InChI is InChI=1S/C10H20N2O2/c1-7(6-13)12-10(14)9-4-2-3-8(9)5-11/h7-9,13H,2-6,11H2,1H3,(H,12,14). The Balaban J connectivity index is 2.43.